The highest BCUT2D eigenvalue weighted by atomic mass is 79.9. The Morgan fingerprint density at radius 1 is 1.22 bits per heavy atom. The van der Waals surface area contributed by atoms with Gasteiger partial charge in [0, 0.05) is 0 Å². The standard InChI is InChI=1S/C13H17BrO4/c1-3-8-17-10-4-6-11(7-5-10)18-9-12(14)13(15)16-2/h4-7,12H,3,8-9H2,1-2H3. The number of ether oxygens (including phenoxy) is 3. The van der Waals surface area contributed by atoms with Gasteiger partial charge in [-0.1, -0.05) is 22.9 Å². The molecule has 4 nitrogen and oxygen atoms in total. The summed E-state index contributed by atoms with van der Waals surface area (Å²) in [4.78, 5) is 10.7. The van der Waals surface area contributed by atoms with Crippen molar-refractivity contribution in [2.75, 3.05) is 20.3 Å². The number of hydrogen-bond acceptors (Lipinski definition) is 4. The number of alkyl halides is 1. The van der Waals surface area contributed by atoms with Crippen LogP contribution in [0.2, 0.25) is 0 Å². The summed E-state index contributed by atoms with van der Waals surface area (Å²) < 4.78 is 15.5. The van der Waals surface area contributed by atoms with Gasteiger partial charge in [-0.25, -0.2) is 0 Å². The largest absolute Gasteiger partial charge is 0.494 e. The van der Waals surface area contributed by atoms with Crippen LogP contribution in [-0.4, -0.2) is 31.1 Å². The van der Waals surface area contributed by atoms with Crippen molar-refractivity contribution < 1.29 is 19.0 Å². The molecule has 0 aliphatic carbocycles. The minimum atomic E-state index is -0.460. The first kappa shape index (κ1) is 14.8. The minimum Gasteiger partial charge on any atom is -0.494 e. The fourth-order valence-electron chi connectivity index (χ4n) is 1.22. The second-order valence-electron chi connectivity index (χ2n) is 3.62. The van der Waals surface area contributed by atoms with E-state index in [1.54, 1.807) is 0 Å². The molecule has 0 fully saturated rings. The lowest BCUT2D eigenvalue weighted by molar-refractivity contribution is -0.140. The summed E-state index contributed by atoms with van der Waals surface area (Å²) in [5.41, 5.74) is 0. The predicted octanol–water partition coefficient (Wildman–Crippen LogP) is 2.79. The molecule has 0 saturated carbocycles. The Labute approximate surface area is 115 Å². The molecule has 1 aromatic rings. The van der Waals surface area contributed by atoms with Crippen LogP contribution in [0.5, 0.6) is 11.5 Å². The minimum absolute atomic E-state index is 0.224. The molecule has 100 valence electrons. The van der Waals surface area contributed by atoms with Crippen molar-refractivity contribution in [1.29, 1.82) is 0 Å². The van der Waals surface area contributed by atoms with Crippen LogP contribution in [0, 0.1) is 0 Å². The average Bonchev–Trinajstić information content (AvgIpc) is 2.42. The molecule has 0 aliphatic heterocycles. The zero-order chi connectivity index (χ0) is 13.4. The first-order valence-electron chi connectivity index (χ1n) is 5.75. The molecule has 0 amide bonds. The number of hydrogen-bond donors (Lipinski definition) is 0. The first-order chi connectivity index (χ1) is 8.67. The Kier molecular flexibility index (Phi) is 6.57. The molecule has 0 heterocycles. The molecular weight excluding hydrogens is 300 g/mol. The summed E-state index contributed by atoms with van der Waals surface area (Å²) in [6, 6.07) is 7.29. The highest BCUT2D eigenvalue weighted by Gasteiger charge is 2.15. The Hall–Kier alpha value is -1.23. The molecule has 18 heavy (non-hydrogen) atoms. The fourth-order valence-corrected chi connectivity index (χ4v) is 1.54. The van der Waals surface area contributed by atoms with Crippen LogP contribution in [0.4, 0.5) is 0 Å². The van der Waals surface area contributed by atoms with E-state index in [9.17, 15) is 4.79 Å². The van der Waals surface area contributed by atoms with Crippen LogP contribution in [0.3, 0.4) is 0 Å². The third-order valence-electron chi connectivity index (χ3n) is 2.15. The third kappa shape index (κ3) is 4.96. The average molecular weight is 317 g/mol. The Bertz CT molecular complexity index is 364. The lowest BCUT2D eigenvalue weighted by atomic mass is 10.3. The third-order valence-corrected chi connectivity index (χ3v) is 2.79. The quantitative estimate of drug-likeness (QED) is 0.573. The van der Waals surface area contributed by atoms with E-state index in [0.29, 0.717) is 12.4 Å². The van der Waals surface area contributed by atoms with Gasteiger partial charge in [-0.05, 0) is 30.7 Å². The monoisotopic (exact) mass is 316 g/mol. The second kappa shape index (κ2) is 7.97. The van der Waals surface area contributed by atoms with Crippen molar-refractivity contribution in [2.45, 2.75) is 18.2 Å². The lowest BCUT2D eigenvalue weighted by Gasteiger charge is -2.10. The molecular formula is C13H17BrO4. The maximum Gasteiger partial charge on any atom is 0.322 e. The summed E-state index contributed by atoms with van der Waals surface area (Å²) in [5, 5.41) is 0. The molecule has 0 spiro atoms. The van der Waals surface area contributed by atoms with Gasteiger partial charge in [0.1, 0.15) is 22.9 Å². The van der Waals surface area contributed by atoms with Crippen molar-refractivity contribution in [2.24, 2.45) is 0 Å². The summed E-state index contributed by atoms with van der Waals surface area (Å²) in [5.74, 6) is 1.15. The molecule has 0 aromatic heterocycles. The number of rotatable bonds is 7. The van der Waals surface area contributed by atoms with Crippen molar-refractivity contribution in [3.8, 4) is 11.5 Å². The number of benzene rings is 1. The van der Waals surface area contributed by atoms with E-state index in [2.05, 4.69) is 27.6 Å². The van der Waals surface area contributed by atoms with Crippen LogP contribution >= 0.6 is 15.9 Å². The van der Waals surface area contributed by atoms with Crippen LogP contribution in [0.1, 0.15) is 13.3 Å². The number of carbonyl (C=O) groups is 1. The maximum absolute atomic E-state index is 11.1. The molecule has 1 aromatic carbocycles. The van der Waals surface area contributed by atoms with Gasteiger partial charge in [-0.2, -0.15) is 0 Å². The number of carbonyl (C=O) groups excluding carboxylic acids is 1. The second-order valence-corrected chi connectivity index (χ2v) is 4.73. The summed E-state index contributed by atoms with van der Waals surface area (Å²) >= 11 is 3.19. The smallest absolute Gasteiger partial charge is 0.322 e. The number of esters is 1. The molecule has 1 rings (SSSR count). The van der Waals surface area contributed by atoms with Crippen molar-refractivity contribution in [1.82, 2.24) is 0 Å². The Morgan fingerprint density at radius 3 is 2.28 bits per heavy atom. The van der Waals surface area contributed by atoms with Gasteiger partial charge < -0.3 is 14.2 Å². The summed E-state index contributed by atoms with van der Waals surface area (Å²) in [6.45, 7) is 2.98. The predicted molar refractivity (Wildman–Crippen MR) is 72.5 cm³/mol. The van der Waals surface area contributed by atoms with Crippen LogP contribution < -0.4 is 9.47 Å². The number of halogens is 1. The Balaban J connectivity index is 2.41. The summed E-state index contributed by atoms with van der Waals surface area (Å²) in [7, 11) is 1.34. The van der Waals surface area contributed by atoms with E-state index in [1.807, 2.05) is 24.3 Å². The molecule has 0 N–H and O–H groups in total. The molecule has 0 saturated heterocycles. The highest BCUT2D eigenvalue weighted by Crippen LogP contribution is 2.18. The van der Waals surface area contributed by atoms with Gasteiger partial charge in [0.15, 0.2) is 0 Å². The zero-order valence-corrected chi connectivity index (χ0v) is 12.1. The van der Waals surface area contributed by atoms with Gasteiger partial charge in [0.05, 0.1) is 13.7 Å². The van der Waals surface area contributed by atoms with Crippen molar-refractivity contribution in [3.63, 3.8) is 0 Å². The van der Waals surface area contributed by atoms with Crippen LogP contribution in [0.25, 0.3) is 0 Å². The molecule has 5 heteroatoms. The maximum atomic E-state index is 11.1. The van der Waals surface area contributed by atoms with E-state index in [1.165, 1.54) is 7.11 Å². The van der Waals surface area contributed by atoms with E-state index in [0.717, 1.165) is 12.2 Å². The zero-order valence-electron chi connectivity index (χ0n) is 10.5. The van der Waals surface area contributed by atoms with Crippen LogP contribution in [-0.2, 0) is 9.53 Å². The van der Waals surface area contributed by atoms with E-state index in [-0.39, 0.29) is 12.6 Å². The SMILES string of the molecule is CCCOc1ccc(OCC(Br)C(=O)OC)cc1. The molecule has 0 aliphatic rings. The van der Waals surface area contributed by atoms with Gasteiger partial charge in [0.25, 0.3) is 0 Å². The van der Waals surface area contributed by atoms with E-state index >= 15 is 0 Å². The van der Waals surface area contributed by atoms with Crippen LogP contribution in [0.15, 0.2) is 24.3 Å². The number of methoxy groups -OCH3 is 1. The normalized spacial score (nSPS) is 11.7. The van der Waals surface area contributed by atoms with Gasteiger partial charge >= 0.3 is 5.97 Å². The molecule has 1 atom stereocenters. The highest BCUT2D eigenvalue weighted by molar-refractivity contribution is 9.10. The first-order valence-corrected chi connectivity index (χ1v) is 6.66. The molecule has 0 radical (unpaired) electrons. The van der Waals surface area contributed by atoms with Crippen molar-refractivity contribution in [3.05, 3.63) is 24.3 Å². The van der Waals surface area contributed by atoms with E-state index in [4.69, 9.17) is 9.47 Å². The van der Waals surface area contributed by atoms with Gasteiger partial charge in [-0.15, -0.1) is 0 Å². The Morgan fingerprint density at radius 2 is 1.78 bits per heavy atom. The fraction of sp³-hybridized carbons (Fsp3) is 0.462. The topological polar surface area (TPSA) is 44.8 Å². The van der Waals surface area contributed by atoms with Gasteiger partial charge in [-0.3, -0.25) is 4.79 Å². The van der Waals surface area contributed by atoms with E-state index < -0.39 is 4.83 Å². The van der Waals surface area contributed by atoms with Crippen molar-refractivity contribution >= 4 is 21.9 Å². The molecule has 0 bridgehead atoms. The lowest BCUT2D eigenvalue weighted by Crippen LogP contribution is -2.22. The summed E-state index contributed by atoms with van der Waals surface area (Å²) in [6.07, 6.45) is 0.975. The van der Waals surface area contributed by atoms with Gasteiger partial charge in [0.2, 0.25) is 0 Å². The molecule has 1 unspecified atom stereocenters.